The number of nitrogens with zero attached hydrogens (tertiary/aromatic N) is 3. The zero-order valence-electron chi connectivity index (χ0n) is 19.4. The van der Waals surface area contributed by atoms with Crippen molar-refractivity contribution >= 4 is 11.6 Å². The molecule has 1 fully saturated rings. The standard InChI is InChI=1S/C26H32N4O2/c1-18-6-5-7-19(2)25(18)22-10-13-27-26(29-22)28-21-8-9-23(24(16-21)31-4)32-17-20-11-14-30(3)15-12-20/h5-10,13,16,20H,11-12,14-15,17H2,1-4H3,(H,27,28,29). The summed E-state index contributed by atoms with van der Waals surface area (Å²) in [5, 5.41) is 3.30. The lowest BCUT2D eigenvalue weighted by Crippen LogP contribution is -2.32. The minimum atomic E-state index is 0.548. The maximum atomic E-state index is 6.11. The van der Waals surface area contributed by atoms with Gasteiger partial charge in [-0.15, -0.1) is 0 Å². The van der Waals surface area contributed by atoms with Gasteiger partial charge in [-0.2, -0.15) is 0 Å². The van der Waals surface area contributed by atoms with E-state index in [1.807, 2.05) is 24.3 Å². The average Bonchev–Trinajstić information content (AvgIpc) is 2.79. The number of anilines is 2. The smallest absolute Gasteiger partial charge is 0.227 e. The van der Waals surface area contributed by atoms with E-state index < -0.39 is 0 Å². The molecule has 1 aliphatic heterocycles. The Morgan fingerprint density at radius 2 is 1.78 bits per heavy atom. The summed E-state index contributed by atoms with van der Waals surface area (Å²) in [5.74, 6) is 2.61. The van der Waals surface area contributed by atoms with Gasteiger partial charge < -0.3 is 19.7 Å². The van der Waals surface area contributed by atoms with Crippen LogP contribution < -0.4 is 14.8 Å². The summed E-state index contributed by atoms with van der Waals surface area (Å²) in [7, 11) is 3.84. The Hall–Kier alpha value is -3.12. The molecule has 0 unspecified atom stereocenters. The number of benzene rings is 2. The Bertz CT molecular complexity index is 1040. The number of nitrogens with one attached hydrogen (secondary N) is 1. The van der Waals surface area contributed by atoms with Gasteiger partial charge in [0.25, 0.3) is 0 Å². The SMILES string of the molecule is COc1cc(Nc2nccc(-c3c(C)cccc3C)n2)ccc1OCC1CCN(C)CC1. The van der Waals surface area contributed by atoms with Crippen molar-refractivity contribution in [3.8, 4) is 22.8 Å². The summed E-state index contributed by atoms with van der Waals surface area (Å²) in [6.07, 6.45) is 4.13. The van der Waals surface area contributed by atoms with Gasteiger partial charge in [0.05, 0.1) is 19.4 Å². The van der Waals surface area contributed by atoms with E-state index in [4.69, 9.17) is 14.5 Å². The predicted octanol–water partition coefficient (Wildman–Crippen LogP) is 5.23. The van der Waals surface area contributed by atoms with E-state index in [1.54, 1.807) is 13.3 Å². The Morgan fingerprint density at radius 1 is 1.03 bits per heavy atom. The molecule has 32 heavy (non-hydrogen) atoms. The number of piperidine rings is 1. The monoisotopic (exact) mass is 432 g/mol. The third-order valence-electron chi connectivity index (χ3n) is 6.13. The first-order valence-electron chi connectivity index (χ1n) is 11.2. The van der Waals surface area contributed by atoms with Crippen LogP contribution in [0.1, 0.15) is 24.0 Å². The second kappa shape index (κ2) is 10.0. The fraction of sp³-hybridized carbons (Fsp3) is 0.385. The highest BCUT2D eigenvalue weighted by atomic mass is 16.5. The maximum Gasteiger partial charge on any atom is 0.227 e. The van der Waals surface area contributed by atoms with Gasteiger partial charge in [0.15, 0.2) is 11.5 Å². The summed E-state index contributed by atoms with van der Waals surface area (Å²) < 4.78 is 11.7. The van der Waals surface area contributed by atoms with Crippen LogP contribution in [-0.4, -0.2) is 48.7 Å². The van der Waals surface area contributed by atoms with Crippen LogP contribution in [-0.2, 0) is 0 Å². The molecule has 0 atom stereocenters. The van der Waals surface area contributed by atoms with Gasteiger partial charge >= 0.3 is 0 Å². The van der Waals surface area contributed by atoms with Gasteiger partial charge in [-0.25, -0.2) is 9.97 Å². The van der Waals surface area contributed by atoms with Crippen molar-refractivity contribution in [1.82, 2.24) is 14.9 Å². The molecule has 6 nitrogen and oxygen atoms in total. The number of methoxy groups -OCH3 is 1. The Labute approximate surface area is 190 Å². The third-order valence-corrected chi connectivity index (χ3v) is 6.13. The summed E-state index contributed by atoms with van der Waals surface area (Å²) in [6.45, 7) is 7.20. The Balaban J connectivity index is 1.47. The predicted molar refractivity (Wildman–Crippen MR) is 129 cm³/mol. The molecule has 3 aromatic rings. The van der Waals surface area contributed by atoms with Crippen molar-refractivity contribution < 1.29 is 9.47 Å². The number of hydrogen-bond donors (Lipinski definition) is 1. The number of ether oxygens (including phenoxy) is 2. The zero-order chi connectivity index (χ0) is 22.5. The molecule has 1 saturated heterocycles. The van der Waals surface area contributed by atoms with Gasteiger partial charge in [-0.3, -0.25) is 0 Å². The van der Waals surface area contributed by atoms with Crippen molar-refractivity contribution in [3.05, 3.63) is 59.8 Å². The molecule has 0 radical (unpaired) electrons. The molecule has 2 aromatic carbocycles. The van der Waals surface area contributed by atoms with E-state index in [1.165, 1.54) is 24.0 Å². The summed E-state index contributed by atoms with van der Waals surface area (Å²) in [6, 6.07) is 14.1. The van der Waals surface area contributed by atoms with Gasteiger partial charge in [0.1, 0.15) is 0 Å². The molecule has 0 amide bonds. The van der Waals surface area contributed by atoms with Crippen molar-refractivity contribution in [2.45, 2.75) is 26.7 Å². The van der Waals surface area contributed by atoms with Crippen LogP contribution in [0.15, 0.2) is 48.7 Å². The van der Waals surface area contributed by atoms with Crippen LogP contribution in [0.25, 0.3) is 11.3 Å². The molecule has 0 saturated carbocycles. The molecule has 0 aliphatic carbocycles. The minimum Gasteiger partial charge on any atom is -0.493 e. The maximum absolute atomic E-state index is 6.11. The molecule has 1 N–H and O–H groups in total. The van der Waals surface area contributed by atoms with E-state index in [-0.39, 0.29) is 0 Å². The molecular formula is C26H32N4O2. The van der Waals surface area contributed by atoms with Crippen LogP contribution in [0.3, 0.4) is 0 Å². The largest absolute Gasteiger partial charge is 0.493 e. The Kier molecular flexibility index (Phi) is 6.90. The van der Waals surface area contributed by atoms with Crippen LogP contribution in [0, 0.1) is 19.8 Å². The molecule has 1 aliphatic rings. The summed E-state index contributed by atoms with van der Waals surface area (Å²) >= 11 is 0. The lowest BCUT2D eigenvalue weighted by atomic mass is 9.98. The number of rotatable bonds is 7. The second-order valence-electron chi connectivity index (χ2n) is 8.58. The first-order chi connectivity index (χ1) is 15.5. The number of hydrogen-bond acceptors (Lipinski definition) is 6. The normalized spacial score (nSPS) is 14.9. The van der Waals surface area contributed by atoms with E-state index in [0.717, 1.165) is 42.4 Å². The first kappa shape index (κ1) is 22.1. The van der Waals surface area contributed by atoms with E-state index in [9.17, 15) is 0 Å². The molecule has 1 aromatic heterocycles. The molecule has 2 heterocycles. The molecule has 168 valence electrons. The number of aromatic nitrogens is 2. The second-order valence-corrected chi connectivity index (χ2v) is 8.58. The topological polar surface area (TPSA) is 59.5 Å². The van der Waals surface area contributed by atoms with E-state index in [0.29, 0.717) is 17.6 Å². The summed E-state index contributed by atoms with van der Waals surface area (Å²) in [4.78, 5) is 11.5. The first-order valence-corrected chi connectivity index (χ1v) is 11.2. The molecule has 0 bridgehead atoms. The molecule has 0 spiro atoms. The van der Waals surface area contributed by atoms with E-state index in [2.05, 4.69) is 54.3 Å². The molecule has 6 heteroatoms. The van der Waals surface area contributed by atoms with Crippen molar-refractivity contribution in [3.63, 3.8) is 0 Å². The zero-order valence-corrected chi connectivity index (χ0v) is 19.4. The van der Waals surface area contributed by atoms with Crippen molar-refractivity contribution in [2.24, 2.45) is 5.92 Å². The number of likely N-dealkylation sites (tertiary alicyclic amines) is 1. The van der Waals surface area contributed by atoms with E-state index >= 15 is 0 Å². The van der Waals surface area contributed by atoms with Crippen LogP contribution in [0.2, 0.25) is 0 Å². The van der Waals surface area contributed by atoms with Gasteiger partial charge in [-0.05, 0) is 82.1 Å². The highest BCUT2D eigenvalue weighted by molar-refractivity contribution is 5.69. The van der Waals surface area contributed by atoms with Crippen molar-refractivity contribution in [2.75, 3.05) is 39.2 Å². The Morgan fingerprint density at radius 3 is 2.50 bits per heavy atom. The highest BCUT2D eigenvalue weighted by Gasteiger charge is 2.18. The summed E-state index contributed by atoms with van der Waals surface area (Å²) in [5.41, 5.74) is 5.30. The number of aryl methyl sites for hydroxylation is 2. The average molecular weight is 433 g/mol. The fourth-order valence-corrected chi connectivity index (χ4v) is 4.21. The van der Waals surface area contributed by atoms with Gasteiger partial charge in [0, 0.05) is 23.5 Å². The third kappa shape index (κ3) is 5.19. The quantitative estimate of drug-likeness (QED) is 0.551. The molecule has 4 rings (SSSR count). The van der Waals surface area contributed by atoms with Crippen LogP contribution in [0.4, 0.5) is 11.6 Å². The minimum absolute atomic E-state index is 0.548. The lowest BCUT2D eigenvalue weighted by molar-refractivity contribution is 0.157. The van der Waals surface area contributed by atoms with Crippen LogP contribution in [0.5, 0.6) is 11.5 Å². The van der Waals surface area contributed by atoms with Gasteiger partial charge in [0.2, 0.25) is 5.95 Å². The van der Waals surface area contributed by atoms with Gasteiger partial charge in [-0.1, -0.05) is 18.2 Å². The lowest BCUT2D eigenvalue weighted by Gasteiger charge is -2.28. The molecular weight excluding hydrogens is 400 g/mol. The fourth-order valence-electron chi connectivity index (χ4n) is 4.21. The van der Waals surface area contributed by atoms with Crippen molar-refractivity contribution in [1.29, 1.82) is 0 Å². The highest BCUT2D eigenvalue weighted by Crippen LogP contribution is 2.32. The van der Waals surface area contributed by atoms with Crippen LogP contribution >= 0.6 is 0 Å².